The number of hydrogen-bond acceptors (Lipinski definition) is 2. The Hall–Kier alpha value is -0.0800. The lowest BCUT2D eigenvalue weighted by Gasteiger charge is -2.56. The molecule has 3 aliphatic rings. The molecule has 0 radical (unpaired) electrons. The highest BCUT2D eigenvalue weighted by atomic mass is 16.5. The maximum Gasteiger partial charge on any atom is 0.0550 e. The smallest absolute Gasteiger partial charge is 0.0550 e. The summed E-state index contributed by atoms with van der Waals surface area (Å²) >= 11 is 0. The van der Waals surface area contributed by atoms with Crippen molar-refractivity contribution in [2.75, 3.05) is 26.3 Å². The molecule has 1 saturated carbocycles. The molecule has 2 heterocycles. The van der Waals surface area contributed by atoms with Gasteiger partial charge < -0.3 is 10.1 Å². The lowest BCUT2D eigenvalue weighted by atomic mass is 9.57. The Morgan fingerprint density at radius 2 is 1.79 bits per heavy atom. The number of hydrogen-bond donors (Lipinski definition) is 1. The molecule has 2 nitrogen and oxygen atoms in total. The Labute approximate surface area is 86.4 Å². The Bertz CT molecular complexity index is 202. The van der Waals surface area contributed by atoms with Crippen molar-refractivity contribution in [2.45, 2.75) is 32.1 Å². The molecule has 0 amide bonds. The van der Waals surface area contributed by atoms with Crippen LogP contribution in [0.3, 0.4) is 0 Å². The average Bonchev–Trinajstić information content (AvgIpc) is 2.09. The molecule has 3 fully saturated rings. The van der Waals surface area contributed by atoms with Crippen molar-refractivity contribution in [1.29, 1.82) is 0 Å². The molecular weight excluding hydrogens is 174 g/mol. The molecular formula is C12H21NO. The third-order valence-electron chi connectivity index (χ3n) is 4.77. The van der Waals surface area contributed by atoms with Gasteiger partial charge in [-0.3, -0.25) is 0 Å². The molecule has 3 rings (SSSR count). The second-order valence-electron chi connectivity index (χ2n) is 5.40. The molecule has 1 atom stereocenters. The van der Waals surface area contributed by atoms with Gasteiger partial charge in [-0.1, -0.05) is 6.42 Å². The first kappa shape index (κ1) is 9.17. The first-order chi connectivity index (χ1) is 6.92. The zero-order chi connectivity index (χ0) is 9.43. The summed E-state index contributed by atoms with van der Waals surface area (Å²) in [6.07, 6.45) is 7.22. The zero-order valence-corrected chi connectivity index (χ0v) is 8.93. The van der Waals surface area contributed by atoms with Crippen LogP contribution in [0.4, 0.5) is 0 Å². The van der Waals surface area contributed by atoms with Gasteiger partial charge in [0, 0.05) is 5.41 Å². The Morgan fingerprint density at radius 1 is 1.00 bits per heavy atom. The van der Waals surface area contributed by atoms with Gasteiger partial charge in [-0.2, -0.15) is 0 Å². The van der Waals surface area contributed by atoms with E-state index in [4.69, 9.17) is 4.74 Å². The van der Waals surface area contributed by atoms with E-state index >= 15 is 0 Å². The lowest BCUT2D eigenvalue weighted by molar-refractivity contribution is -0.196. The average molecular weight is 195 g/mol. The summed E-state index contributed by atoms with van der Waals surface area (Å²) in [5.74, 6) is 1.91. The van der Waals surface area contributed by atoms with Crippen molar-refractivity contribution in [3.63, 3.8) is 0 Å². The summed E-state index contributed by atoms with van der Waals surface area (Å²) in [5, 5.41) is 3.56. The van der Waals surface area contributed by atoms with Gasteiger partial charge in [-0.15, -0.1) is 0 Å². The molecule has 0 aromatic carbocycles. The second kappa shape index (κ2) is 3.49. The molecule has 80 valence electrons. The van der Waals surface area contributed by atoms with Crippen LogP contribution in [-0.4, -0.2) is 26.3 Å². The molecule has 2 heteroatoms. The van der Waals surface area contributed by atoms with E-state index in [1.807, 2.05) is 0 Å². The predicted molar refractivity (Wildman–Crippen MR) is 56.2 cm³/mol. The van der Waals surface area contributed by atoms with Crippen LogP contribution in [-0.2, 0) is 4.74 Å². The third-order valence-corrected chi connectivity index (χ3v) is 4.77. The maximum absolute atomic E-state index is 5.52. The molecule has 1 unspecified atom stereocenters. The van der Waals surface area contributed by atoms with Crippen LogP contribution in [0.1, 0.15) is 32.1 Å². The van der Waals surface area contributed by atoms with Gasteiger partial charge in [0.05, 0.1) is 13.2 Å². The van der Waals surface area contributed by atoms with E-state index in [-0.39, 0.29) is 0 Å². The van der Waals surface area contributed by atoms with Crippen molar-refractivity contribution < 1.29 is 4.74 Å². The Morgan fingerprint density at radius 3 is 2.21 bits per heavy atom. The molecule has 0 aromatic rings. The standard InChI is InChI=1S/C12H21NO/c1-3-10(4-1)12(8-14-9-12)11-5-2-6-13-7-11/h10-11,13H,1-9H2. The molecule has 14 heavy (non-hydrogen) atoms. The summed E-state index contributed by atoms with van der Waals surface area (Å²) in [6, 6.07) is 0. The fraction of sp³-hybridized carbons (Fsp3) is 1.00. The predicted octanol–water partition coefficient (Wildman–Crippen LogP) is 1.80. The summed E-state index contributed by atoms with van der Waals surface area (Å²) in [7, 11) is 0. The van der Waals surface area contributed by atoms with E-state index in [0.717, 1.165) is 25.0 Å². The molecule has 2 aliphatic heterocycles. The van der Waals surface area contributed by atoms with Gasteiger partial charge in [-0.05, 0) is 50.6 Å². The van der Waals surface area contributed by atoms with Crippen molar-refractivity contribution in [2.24, 2.45) is 17.3 Å². The van der Waals surface area contributed by atoms with Gasteiger partial charge in [0.1, 0.15) is 0 Å². The van der Waals surface area contributed by atoms with Crippen LogP contribution < -0.4 is 5.32 Å². The highest BCUT2D eigenvalue weighted by Gasteiger charge is 2.52. The van der Waals surface area contributed by atoms with E-state index < -0.39 is 0 Å². The molecule has 0 aromatic heterocycles. The van der Waals surface area contributed by atoms with Gasteiger partial charge in [-0.25, -0.2) is 0 Å². The molecule has 0 bridgehead atoms. The summed E-state index contributed by atoms with van der Waals surface area (Å²) in [4.78, 5) is 0. The normalized spacial score (nSPS) is 37.3. The maximum atomic E-state index is 5.52. The Kier molecular flexibility index (Phi) is 2.29. The zero-order valence-electron chi connectivity index (χ0n) is 8.93. The van der Waals surface area contributed by atoms with Crippen molar-refractivity contribution in [3.05, 3.63) is 0 Å². The van der Waals surface area contributed by atoms with Gasteiger partial charge in [0.2, 0.25) is 0 Å². The second-order valence-corrected chi connectivity index (χ2v) is 5.40. The summed E-state index contributed by atoms with van der Waals surface area (Å²) < 4.78 is 5.52. The van der Waals surface area contributed by atoms with E-state index in [0.29, 0.717) is 5.41 Å². The molecule has 1 aliphatic carbocycles. The lowest BCUT2D eigenvalue weighted by Crippen LogP contribution is -2.58. The van der Waals surface area contributed by atoms with Crippen LogP contribution in [0, 0.1) is 17.3 Å². The van der Waals surface area contributed by atoms with Crippen LogP contribution in [0.25, 0.3) is 0 Å². The fourth-order valence-corrected chi connectivity index (χ4v) is 3.47. The number of ether oxygens (including phenoxy) is 1. The van der Waals surface area contributed by atoms with Crippen LogP contribution in [0.5, 0.6) is 0 Å². The third kappa shape index (κ3) is 1.24. The summed E-state index contributed by atoms with van der Waals surface area (Å²) in [5.41, 5.74) is 0.603. The molecule has 2 saturated heterocycles. The highest BCUT2D eigenvalue weighted by Crippen LogP contribution is 2.52. The first-order valence-electron chi connectivity index (χ1n) is 6.20. The minimum Gasteiger partial charge on any atom is -0.380 e. The SMILES string of the molecule is C1CC(C2(C3CCCNC3)COC2)C1. The van der Waals surface area contributed by atoms with Crippen LogP contribution in [0.15, 0.2) is 0 Å². The van der Waals surface area contributed by atoms with E-state index in [1.165, 1.54) is 45.2 Å². The van der Waals surface area contributed by atoms with Gasteiger partial charge in [0.25, 0.3) is 0 Å². The Balaban J connectivity index is 1.71. The van der Waals surface area contributed by atoms with Gasteiger partial charge in [0.15, 0.2) is 0 Å². The topological polar surface area (TPSA) is 21.3 Å². The minimum atomic E-state index is 0.603. The number of piperidine rings is 1. The monoisotopic (exact) mass is 195 g/mol. The van der Waals surface area contributed by atoms with E-state index in [9.17, 15) is 0 Å². The van der Waals surface area contributed by atoms with Crippen molar-refractivity contribution >= 4 is 0 Å². The number of nitrogens with one attached hydrogen (secondary N) is 1. The number of rotatable bonds is 2. The van der Waals surface area contributed by atoms with Crippen molar-refractivity contribution in [1.82, 2.24) is 5.32 Å². The first-order valence-corrected chi connectivity index (χ1v) is 6.20. The minimum absolute atomic E-state index is 0.603. The van der Waals surface area contributed by atoms with E-state index in [1.54, 1.807) is 0 Å². The highest BCUT2D eigenvalue weighted by molar-refractivity contribution is 5.01. The molecule has 0 spiro atoms. The summed E-state index contributed by atoms with van der Waals surface area (Å²) in [6.45, 7) is 4.60. The van der Waals surface area contributed by atoms with E-state index in [2.05, 4.69) is 5.32 Å². The fourth-order valence-electron chi connectivity index (χ4n) is 3.47. The largest absolute Gasteiger partial charge is 0.380 e. The molecule has 1 N–H and O–H groups in total. The quantitative estimate of drug-likeness (QED) is 0.725. The van der Waals surface area contributed by atoms with Crippen LogP contribution >= 0.6 is 0 Å². The van der Waals surface area contributed by atoms with Crippen molar-refractivity contribution in [3.8, 4) is 0 Å². The van der Waals surface area contributed by atoms with Gasteiger partial charge >= 0.3 is 0 Å². The van der Waals surface area contributed by atoms with Crippen LogP contribution in [0.2, 0.25) is 0 Å².